The van der Waals surface area contributed by atoms with Crippen molar-refractivity contribution in [1.29, 1.82) is 0 Å². The van der Waals surface area contributed by atoms with E-state index >= 15 is 0 Å². The maximum atomic E-state index is 2.45. The fourth-order valence-corrected chi connectivity index (χ4v) is 24.7. The lowest BCUT2D eigenvalue weighted by Crippen LogP contribution is -1.91. The van der Waals surface area contributed by atoms with Gasteiger partial charge in [0.15, 0.2) is 0 Å². The predicted molar refractivity (Wildman–Crippen MR) is 568 cm³/mol. The Bertz CT molecular complexity index is 8610. The van der Waals surface area contributed by atoms with Crippen LogP contribution in [0.1, 0.15) is 33.4 Å². The third kappa shape index (κ3) is 14.2. The second-order valence-electron chi connectivity index (χ2n) is 35.0. The van der Waals surface area contributed by atoms with E-state index in [2.05, 4.69) is 473 Å². The van der Waals surface area contributed by atoms with Crippen molar-refractivity contribution in [3.05, 3.63) is 507 Å². The molecule has 0 unspecified atom stereocenters. The molecule has 27 rings (SSSR count). The summed E-state index contributed by atoms with van der Waals surface area (Å²) in [5, 5.41) is 8.10. The summed E-state index contributed by atoms with van der Waals surface area (Å²) in [6, 6.07) is 174. The van der Waals surface area contributed by atoms with Crippen molar-refractivity contribution < 1.29 is 0 Å². The van der Waals surface area contributed by atoms with Gasteiger partial charge in [-0.3, -0.25) is 0 Å². The lowest BCUT2D eigenvalue weighted by Gasteiger charge is -2.15. The monoisotopic (exact) mass is 1730 g/mol. The summed E-state index contributed by atoms with van der Waals surface area (Å²) < 4.78 is 8.18. The van der Waals surface area contributed by atoms with E-state index < -0.39 is 0 Å². The third-order valence-corrected chi connectivity index (χ3v) is 31.1. The standard InChI is InChI=1S/3C43H28S/c1-2-10-28(11-3-1)29-22-24-30(25-23-29)31-12-6-13-32(26-31)33-15-7-16-34-35-17-8-18-36(41(35)27-40(33)34)38-19-9-20-39-37-14-4-5-21-42(37)44-43(38)39;1-2-9-28(10-3-1)29-19-21-30(22-20-29)31-11-6-12-32(25-31)33-23-24-34-27-41-35(14-7-15-36(41)40(34)26-33)38-16-8-17-39-37-13-4-5-18-42(37)44-43(38)39;1-2-10-28(11-3-1)29-20-22-30(23-21-29)31-13-8-14-32(24-31)34-26-39-35-15-5-4-12-33(35)25-41(39)40(27-34)38-18-9-17-37-36-16-6-7-19-42(36)44-43(37)38/h2*1-26H,27H2;1-24,26-27H,25H2. The molecule has 0 nitrogen and oxygen atoms in total. The summed E-state index contributed by atoms with van der Waals surface area (Å²) in [6.07, 6.45) is 2.88. The molecule has 618 valence electrons. The number of thiophene rings is 3. The van der Waals surface area contributed by atoms with Crippen molar-refractivity contribution in [2.45, 2.75) is 19.3 Å². The molecule has 0 atom stereocenters. The van der Waals surface area contributed by atoms with Crippen molar-refractivity contribution in [1.82, 2.24) is 0 Å². The van der Waals surface area contributed by atoms with Crippen LogP contribution in [0.2, 0.25) is 0 Å². The van der Waals surface area contributed by atoms with Gasteiger partial charge in [-0.15, -0.1) is 34.0 Å². The van der Waals surface area contributed by atoms with Crippen LogP contribution < -0.4 is 0 Å². The lowest BCUT2D eigenvalue weighted by atomic mass is 9.89. The smallest absolute Gasteiger partial charge is 0.0433 e. The first-order valence-electron chi connectivity index (χ1n) is 45.7. The van der Waals surface area contributed by atoms with Crippen molar-refractivity contribution in [3.8, 4) is 167 Å². The Balaban J connectivity index is 0.000000106. The average molecular weight is 1730 g/mol. The number of rotatable bonds is 12. The van der Waals surface area contributed by atoms with Gasteiger partial charge in [-0.2, -0.15) is 0 Å². The minimum absolute atomic E-state index is 0.939. The Hall–Kier alpha value is -15.7. The van der Waals surface area contributed by atoms with E-state index in [-0.39, 0.29) is 0 Å². The molecule has 3 aromatic heterocycles. The van der Waals surface area contributed by atoms with Crippen LogP contribution >= 0.6 is 34.0 Å². The van der Waals surface area contributed by atoms with Gasteiger partial charge in [-0.05, 0) is 274 Å². The molecular formula is C129H84S3. The maximum Gasteiger partial charge on any atom is 0.0433 e. The Labute approximate surface area is 781 Å². The van der Waals surface area contributed by atoms with Crippen LogP contribution in [0.15, 0.2) is 473 Å². The molecule has 3 heteroatoms. The van der Waals surface area contributed by atoms with E-state index in [1.807, 2.05) is 34.0 Å². The zero-order chi connectivity index (χ0) is 87.1. The zero-order valence-corrected chi connectivity index (χ0v) is 74.8. The molecule has 0 saturated carbocycles. The van der Waals surface area contributed by atoms with Gasteiger partial charge < -0.3 is 0 Å². The van der Waals surface area contributed by atoms with Gasteiger partial charge in [0.25, 0.3) is 0 Å². The highest BCUT2D eigenvalue weighted by Crippen LogP contribution is 2.53. The molecule has 3 aliphatic carbocycles. The molecule has 132 heavy (non-hydrogen) atoms. The molecule has 3 aliphatic rings. The minimum Gasteiger partial charge on any atom is -0.135 e. The molecule has 24 aromatic rings. The van der Waals surface area contributed by atoms with Crippen molar-refractivity contribution in [2.24, 2.45) is 0 Å². The van der Waals surface area contributed by atoms with Gasteiger partial charge in [0.1, 0.15) is 0 Å². The zero-order valence-electron chi connectivity index (χ0n) is 72.4. The Morgan fingerprint density at radius 2 is 0.356 bits per heavy atom. The van der Waals surface area contributed by atoms with E-state index in [0.717, 1.165) is 19.3 Å². The van der Waals surface area contributed by atoms with E-state index in [1.165, 1.54) is 261 Å². The van der Waals surface area contributed by atoms with Crippen LogP contribution in [-0.2, 0) is 19.3 Å². The molecule has 0 amide bonds. The highest BCUT2D eigenvalue weighted by atomic mass is 32.1. The van der Waals surface area contributed by atoms with Gasteiger partial charge in [-0.1, -0.05) is 419 Å². The van der Waals surface area contributed by atoms with Gasteiger partial charge in [0, 0.05) is 60.5 Å². The summed E-state index contributed by atoms with van der Waals surface area (Å²) in [7, 11) is 0. The van der Waals surface area contributed by atoms with Gasteiger partial charge in [0.05, 0.1) is 0 Å². The summed E-state index contributed by atoms with van der Waals surface area (Å²) in [5.74, 6) is 0. The normalized spacial score (nSPS) is 12.0. The van der Waals surface area contributed by atoms with Crippen LogP contribution in [-0.4, -0.2) is 0 Å². The predicted octanol–water partition coefficient (Wildman–Crippen LogP) is 36.9. The molecule has 0 fully saturated rings. The largest absolute Gasteiger partial charge is 0.135 e. The van der Waals surface area contributed by atoms with Crippen molar-refractivity contribution >= 4 is 94.5 Å². The van der Waals surface area contributed by atoms with Gasteiger partial charge in [-0.25, -0.2) is 0 Å². The third-order valence-electron chi connectivity index (χ3n) is 27.5. The molecule has 0 N–H and O–H groups in total. The van der Waals surface area contributed by atoms with Crippen LogP contribution in [0.25, 0.3) is 227 Å². The number of hydrogen-bond donors (Lipinski definition) is 0. The Morgan fingerprint density at radius 3 is 0.803 bits per heavy atom. The fraction of sp³-hybridized carbons (Fsp3) is 0.0233. The van der Waals surface area contributed by atoms with Crippen molar-refractivity contribution in [3.63, 3.8) is 0 Å². The molecule has 0 aliphatic heterocycles. The van der Waals surface area contributed by atoms with E-state index in [4.69, 9.17) is 0 Å². The first-order chi connectivity index (χ1) is 65.4. The molecule has 0 radical (unpaired) electrons. The molecular weight excluding hydrogens is 1650 g/mol. The Kier molecular flexibility index (Phi) is 19.9. The number of hydrogen-bond acceptors (Lipinski definition) is 3. The Morgan fingerprint density at radius 1 is 0.121 bits per heavy atom. The molecule has 21 aromatic carbocycles. The average Bonchev–Trinajstić information content (AvgIpc) is 1.59. The van der Waals surface area contributed by atoms with Crippen molar-refractivity contribution in [2.75, 3.05) is 0 Å². The summed E-state index contributed by atoms with van der Waals surface area (Å²) in [4.78, 5) is 0. The summed E-state index contributed by atoms with van der Waals surface area (Å²) >= 11 is 5.74. The molecule has 0 spiro atoms. The van der Waals surface area contributed by atoms with E-state index in [0.29, 0.717) is 0 Å². The summed E-state index contributed by atoms with van der Waals surface area (Å²) in [5.41, 5.74) is 47.3. The molecule has 0 bridgehead atoms. The van der Waals surface area contributed by atoms with Gasteiger partial charge >= 0.3 is 0 Å². The minimum atomic E-state index is 0.939. The van der Waals surface area contributed by atoms with Crippen LogP contribution in [0.3, 0.4) is 0 Å². The SMILES string of the molecule is c1ccc(-c2ccc(-c3cccc(-c4cc5c(c(-c6cccc7c6sc6ccccc67)c4)Cc4ccccc4-5)c3)cc2)cc1.c1ccc(-c2ccc(-c3cccc(-c4ccc5c(c4)-c4cccc(-c6cccc7c6sc6ccccc67)c4C5)c3)cc2)cc1.c1ccc(-c2ccc(-c3cccc(-c4cccc5c4Cc4c-5cccc4-c4cccc5c4sc4ccccc45)c3)cc2)cc1. The first kappa shape index (κ1) is 78.5. The first-order valence-corrected chi connectivity index (χ1v) is 48.1. The highest BCUT2D eigenvalue weighted by molar-refractivity contribution is 7.27. The quantitative estimate of drug-likeness (QED) is 0.114. The maximum absolute atomic E-state index is 2.45. The molecule has 0 saturated heterocycles. The van der Waals surface area contributed by atoms with Crippen LogP contribution in [0, 0.1) is 0 Å². The summed E-state index contributed by atoms with van der Waals surface area (Å²) in [6.45, 7) is 0. The second kappa shape index (κ2) is 33.4. The molecule has 3 heterocycles. The number of fused-ring (bicyclic) bond motifs is 18. The second-order valence-corrected chi connectivity index (χ2v) is 38.2. The van der Waals surface area contributed by atoms with Gasteiger partial charge in [0.2, 0.25) is 0 Å². The topological polar surface area (TPSA) is 0 Å². The van der Waals surface area contributed by atoms with Crippen LogP contribution in [0.4, 0.5) is 0 Å². The van der Waals surface area contributed by atoms with Crippen LogP contribution in [0.5, 0.6) is 0 Å². The lowest BCUT2D eigenvalue weighted by molar-refractivity contribution is 1.27. The van der Waals surface area contributed by atoms with E-state index in [1.54, 1.807) is 0 Å². The highest BCUT2D eigenvalue weighted by Gasteiger charge is 2.30. The fourth-order valence-electron chi connectivity index (χ4n) is 21.0. The van der Waals surface area contributed by atoms with E-state index in [9.17, 15) is 0 Å². The number of benzene rings is 21.